The van der Waals surface area contributed by atoms with Gasteiger partial charge in [0.05, 0.1) is 6.42 Å². The van der Waals surface area contributed by atoms with E-state index in [-0.39, 0.29) is 12.4 Å². The Morgan fingerprint density at radius 1 is 1.00 bits per heavy atom. The summed E-state index contributed by atoms with van der Waals surface area (Å²) in [6.07, 6.45) is 8.22. The van der Waals surface area contributed by atoms with Crippen molar-refractivity contribution in [1.29, 1.82) is 0 Å². The quantitative estimate of drug-likeness (QED) is 0.327. The van der Waals surface area contributed by atoms with Crippen molar-refractivity contribution in [3.8, 4) is 0 Å². The molecule has 0 aliphatic carbocycles. The fourth-order valence-corrected chi connectivity index (χ4v) is 1.23. The first kappa shape index (κ1) is 9.96. The lowest BCUT2D eigenvalue weighted by atomic mass is 10.1. The minimum Gasteiger partial charge on any atom is -0.393 e. The molecular weight excluding hydrogens is 168 g/mol. The van der Waals surface area contributed by atoms with Gasteiger partial charge in [-0.3, -0.25) is 9.59 Å². The third-order valence-corrected chi connectivity index (χ3v) is 1.93. The van der Waals surface area contributed by atoms with Gasteiger partial charge in [-0.15, -0.1) is 0 Å². The molecule has 0 aromatic carbocycles. The summed E-state index contributed by atoms with van der Waals surface area (Å²) >= 11 is 0. The zero-order valence-corrected chi connectivity index (χ0v) is 7.62. The number of ether oxygens (including phenoxy) is 1. The normalized spacial score (nSPS) is 20.6. The summed E-state index contributed by atoms with van der Waals surface area (Å²) in [5.41, 5.74) is 0. The first-order valence-electron chi connectivity index (χ1n) is 4.67. The molecule has 72 valence electrons. The minimum absolute atomic E-state index is 0.214. The van der Waals surface area contributed by atoms with Crippen LogP contribution in [-0.4, -0.2) is 11.9 Å². The summed E-state index contributed by atoms with van der Waals surface area (Å²) in [5, 5.41) is 0. The van der Waals surface area contributed by atoms with Crippen molar-refractivity contribution >= 4 is 11.9 Å². The molecule has 0 N–H and O–H groups in total. The molecule has 0 radical (unpaired) electrons. The van der Waals surface area contributed by atoms with Crippen molar-refractivity contribution in [2.75, 3.05) is 0 Å². The largest absolute Gasteiger partial charge is 0.393 e. The molecule has 1 aliphatic heterocycles. The van der Waals surface area contributed by atoms with Crippen LogP contribution in [0.1, 0.15) is 38.5 Å². The number of hydrogen-bond acceptors (Lipinski definition) is 3. The van der Waals surface area contributed by atoms with Gasteiger partial charge < -0.3 is 4.74 Å². The van der Waals surface area contributed by atoms with E-state index in [9.17, 15) is 9.59 Å². The Balaban J connectivity index is 2.43. The van der Waals surface area contributed by atoms with Crippen molar-refractivity contribution in [3.63, 3.8) is 0 Å². The molecule has 0 saturated heterocycles. The Hall–Kier alpha value is -1.12. The van der Waals surface area contributed by atoms with E-state index in [1.165, 1.54) is 0 Å². The van der Waals surface area contributed by atoms with Crippen LogP contribution in [0.25, 0.3) is 0 Å². The Bertz CT molecular complexity index is 218. The molecule has 3 nitrogen and oxygen atoms in total. The molecule has 0 atom stereocenters. The van der Waals surface area contributed by atoms with Crippen LogP contribution in [0.15, 0.2) is 12.2 Å². The number of rotatable bonds is 0. The summed E-state index contributed by atoms with van der Waals surface area (Å²) in [5.74, 6) is -0.830. The van der Waals surface area contributed by atoms with Crippen LogP contribution in [0.4, 0.5) is 0 Å². The van der Waals surface area contributed by atoms with E-state index < -0.39 is 5.97 Å². The number of carbonyl (C=O) groups is 2. The zero-order chi connectivity index (χ0) is 9.52. The summed E-state index contributed by atoms with van der Waals surface area (Å²) in [7, 11) is 0. The molecular formula is C10H14O3. The van der Waals surface area contributed by atoms with Gasteiger partial charge in [-0.1, -0.05) is 18.6 Å². The van der Waals surface area contributed by atoms with Gasteiger partial charge in [0.15, 0.2) is 0 Å². The fourth-order valence-electron chi connectivity index (χ4n) is 1.23. The maximum atomic E-state index is 11.0. The lowest BCUT2D eigenvalue weighted by molar-refractivity contribution is -0.159. The van der Waals surface area contributed by atoms with Gasteiger partial charge in [0.2, 0.25) is 0 Å². The highest BCUT2D eigenvalue weighted by Gasteiger charge is 2.08. The molecule has 0 unspecified atom stereocenters. The lowest BCUT2D eigenvalue weighted by Gasteiger charge is -1.99. The van der Waals surface area contributed by atoms with Crippen molar-refractivity contribution in [2.24, 2.45) is 0 Å². The minimum atomic E-state index is -0.442. The van der Waals surface area contributed by atoms with E-state index in [0.717, 1.165) is 25.7 Å². The van der Waals surface area contributed by atoms with Crippen molar-refractivity contribution < 1.29 is 14.3 Å². The summed E-state index contributed by atoms with van der Waals surface area (Å²) in [6.45, 7) is 0. The molecule has 0 aromatic rings. The predicted octanol–water partition coefficient (Wildman–Crippen LogP) is 1.97. The Kier molecular flexibility index (Phi) is 4.23. The molecule has 1 aliphatic rings. The van der Waals surface area contributed by atoms with Gasteiger partial charge in [-0.25, -0.2) is 0 Å². The maximum Gasteiger partial charge on any atom is 0.317 e. The number of carbonyl (C=O) groups excluding carboxylic acids is 2. The van der Waals surface area contributed by atoms with E-state index in [2.05, 4.69) is 4.74 Å². The maximum absolute atomic E-state index is 11.0. The molecule has 3 heteroatoms. The molecule has 13 heavy (non-hydrogen) atoms. The molecule has 1 heterocycles. The van der Waals surface area contributed by atoms with Crippen LogP contribution in [0.5, 0.6) is 0 Å². The highest BCUT2D eigenvalue weighted by molar-refractivity contribution is 5.86. The van der Waals surface area contributed by atoms with Crippen LogP contribution in [-0.2, 0) is 14.3 Å². The van der Waals surface area contributed by atoms with Gasteiger partial charge >= 0.3 is 11.9 Å². The van der Waals surface area contributed by atoms with Gasteiger partial charge in [-0.2, -0.15) is 0 Å². The van der Waals surface area contributed by atoms with Crippen LogP contribution in [0.2, 0.25) is 0 Å². The zero-order valence-electron chi connectivity index (χ0n) is 7.62. The second kappa shape index (κ2) is 5.51. The van der Waals surface area contributed by atoms with Gasteiger partial charge in [-0.05, 0) is 19.3 Å². The van der Waals surface area contributed by atoms with Crippen LogP contribution in [0.3, 0.4) is 0 Å². The van der Waals surface area contributed by atoms with E-state index in [0.29, 0.717) is 6.42 Å². The smallest absolute Gasteiger partial charge is 0.317 e. The average Bonchev–Trinajstić information content (AvgIpc) is 2.11. The third kappa shape index (κ3) is 4.45. The summed E-state index contributed by atoms with van der Waals surface area (Å²) in [4.78, 5) is 21.9. The SMILES string of the molecule is O=C1CC=CCCCCCC(=O)O1. The standard InChI is InChI=1S/C10H14O3/c11-9-7-5-3-1-2-4-6-8-10(12)13-9/h3,5H,1-2,4,6-8H2. The molecule has 1 rings (SSSR count). The molecule has 0 saturated carbocycles. The molecule has 0 bridgehead atoms. The van der Waals surface area contributed by atoms with E-state index in [4.69, 9.17) is 0 Å². The highest BCUT2D eigenvalue weighted by Crippen LogP contribution is 2.07. The first-order chi connectivity index (χ1) is 6.29. The van der Waals surface area contributed by atoms with Gasteiger partial charge in [0, 0.05) is 6.42 Å². The Morgan fingerprint density at radius 3 is 2.69 bits per heavy atom. The fraction of sp³-hybridized carbons (Fsp3) is 0.600. The summed E-state index contributed by atoms with van der Waals surface area (Å²) < 4.78 is 4.55. The van der Waals surface area contributed by atoms with Gasteiger partial charge in [0.25, 0.3) is 0 Å². The average molecular weight is 182 g/mol. The van der Waals surface area contributed by atoms with Crippen LogP contribution in [0, 0.1) is 0 Å². The monoisotopic (exact) mass is 182 g/mol. The number of cyclic esters (lactones) is 2. The lowest BCUT2D eigenvalue weighted by Crippen LogP contribution is -2.10. The third-order valence-electron chi connectivity index (χ3n) is 1.93. The Labute approximate surface area is 77.8 Å². The van der Waals surface area contributed by atoms with E-state index >= 15 is 0 Å². The van der Waals surface area contributed by atoms with Crippen molar-refractivity contribution in [3.05, 3.63) is 12.2 Å². The van der Waals surface area contributed by atoms with E-state index in [1.807, 2.05) is 6.08 Å². The number of hydrogen-bond donors (Lipinski definition) is 0. The topological polar surface area (TPSA) is 43.4 Å². The Morgan fingerprint density at radius 2 is 1.85 bits per heavy atom. The van der Waals surface area contributed by atoms with Crippen LogP contribution >= 0.6 is 0 Å². The molecule has 0 fully saturated rings. The van der Waals surface area contributed by atoms with Crippen molar-refractivity contribution in [2.45, 2.75) is 38.5 Å². The van der Waals surface area contributed by atoms with Crippen LogP contribution < -0.4 is 0 Å². The number of allylic oxidation sites excluding steroid dienone is 1. The predicted molar refractivity (Wildman–Crippen MR) is 47.9 cm³/mol. The first-order valence-corrected chi connectivity index (χ1v) is 4.67. The second-order valence-corrected chi connectivity index (χ2v) is 3.12. The molecule has 0 amide bonds. The van der Waals surface area contributed by atoms with Gasteiger partial charge in [0.1, 0.15) is 0 Å². The summed E-state index contributed by atoms with van der Waals surface area (Å²) in [6, 6.07) is 0. The van der Waals surface area contributed by atoms with Crippen molar-refractivity contribution in [1.82, 2.24) is 0 Å². The second-order valence-electron chi connectivity index (χ2n) is 3.12. The molecule has 0 spiro atoms. The highest BCUT2D eigenvalue weighted by atomic mass is 16.6. The van der Waals surface area contributed by atoms with E-state index in [1.54, 1.807) is 6.08 Å². The number of esters is 2. The molecule has 0 aromatic heterocycles.